The zero-order chi connectivity index (χ0) is 11.4. The van der Waals surface area contributed by atoms with E-state index < -0.39 is 0 Å². The summed E-state index contributed by atoms with van der Waals surface area (Å²) < 4.78 is 0. The van der Waals surface area contributed by atoms with Gasteiger partial charge in [0.05, 0.1) is 0 Å². The predicted molar refractivity (Wildman–Crippen MR) is 70.6 cm³/mol. The Hall–Kier alpha value is -1.56. The Morgan fingerprint density at radius 2 is 1.12 bits per heavy atom. The van der Waals surface area contributed by atoms with E-state index in [0.717, 1.165) is 6.42 Å². The summed E-state index contributed by atoms with van der Waals surface area (Å²) in [5.74, 6) is 0. The molecule has 0 aliphatic heterocycles. The molecule has 0 aromatic heterocycles. The minimum absolute atomic E-state index is 1.10. The van der Waals surface area contributed by atoms with E-state index in [2.05, 4.69) is 62.4 Å². The van der Waals surface area contributed by atoms with Gasteiger partial charge in [-0.05, 0) is 28.7 Å². The fourth-order valence-electron chi connectivity index (χ4n) is 2.08. The molecular formula is C16H18. The van der Waals surface area contributed by atoms with Crippen molar-refractivity contribution in [1.82, 2.24) is 0 Å². The molecular weight excluding hydrogens is 192 g/mol. The number of benzene rings is 2. The molecule has 0 bridgehead atoms. The van der Waals surface area contributed by atoms with Crippen LogP contribution in [0, 0.1) is 0 Å². The second-order valence-electron chi connectivity index (χ2n) is 4.20. The molecule has 16 heavy (non-hydrogen) atoms. The SMILES string of the molecule is CCC.c1ccc2c(c1)Cc1ccccc1-2. The van der Waals surface area contributed by atoms with E-state index in [1.165, 1.54) is 28.7 Å². The second-order valence-corrected chi connectivity index (χ2v) is 4.20. The third-order valence-electron chi connectivity index (χ3n) is 2.71. The first-order valence-corrected chi connectivity index (χ1v) is 6.03. The molecule has 1 aliphatic rings. The van der Waals surface area contributed by atoms with Crippen molar-refractivity contribution in [3.63, 3.8) is 0 Å². The Bertz CT molecular complexity index is 425. The second kappa shape index (κ2) is 4.98. The highest BCUT2D eigenvalue weighted by Gasteiger charge is 2.15. The van der Waals surface area contributed by atoms with Crippen LogP contribution < -0.4 is 0 Å². The van der Waals surface area contributed by atoms with Gasteiger partial charge in [-0.3, -0.25) is 0 Å². The van der Waals surface area contributed by atoms with E-state index in [1.54, 1.807) is 0 Å². The van der Waals surface area contributed by atoms with Crippen molar-refractivity contribution in [2.24, 2.45) is 0 Å². The summed E-state index contributed by atoms with van der Waals surface area (Å²) in [5.41, 5.74) is 5.75. The molecule has 0 atom stereocenters. The van der Waals surface area contributed by atoms with Gasteiger partial charge in [0.2, 0.25) is 0 Å². The first-order chi connectivity index (χ1) is 7.86. The summed E-state index contributed by atoms with van der Waals surface area (Å²) in [6, 6.07) is 17.3. The van der Waals surface area contributed by atoms with E-state index in [9.17, 15) is 0 Å². The van der Waals surface area contributed by atoms with Gasteiger partial charge in [-0.25, -0.2) is 0 Å². The van der Waals surface area contributed by atoms with Crippen LogP contribution >= 0.6 is 0 Å². The van der Waals surface area contributed by atoms with Gasteiger partial charge in [-0.15, -0.1) is 0 Å². The molecule has 0 N–H and O–H groups in total. The monoisotopic (exact) mass is 210 g/mol. The average molecular weight is 210 g/mol. The summed E-state index contributed by atoms with van der Waals surface area (Å²) in [6.07, 6.45) is 2.35. The van der Waals surface area contributed by atoms with Crippen LogP contribution in [0.1, 0.15) is 31.4 Å². The summed E-state index contributed by atoms with van der Waals surface area (Å²) in [7, 11) is 0. The summed E-state index contributed by atoms with van der Waals surface area (Å²) in [5, 5.41) is 0. The maximum absolute atomic E-state index is 2.22. The van der Waals surface area contributed by atoms with E-state index in [4.69, 9.17) is 0 Å². The van der Waals surface area contributed by atoms with Crippen molar-refractivity contribution in [3.05, 3.63) is 59.7 Å². The molecule has 3 rings (SSSR count). The standard InChI is InChI=1S/C13H10.C3H8/c1-3-7-12-10(5-1)9-11-6-2-4-8-13(11)12;1-3-2/h1-8H,9H2;3H2,1-2H3. The van der Waals surface area contributed by atoms with Gasteiger partial charge >= 0.3 is 0 Å². The van der Waals surface area contributed by atoms with Crippen LogP contribution in [-0.4, -0.2) is 0 Å². The van der Waals surface area contributed by atoms with Crippen molar-refractivity contribution in [1.29, 1.82) is 0 Å². The number of fused-ring (bicyclic) bond motifs is 3. The van der Waals surface area contributed by atoms with Crippen LogP contribution in [0.3, 0.4) is 0 Å². The summed E-state index contributed by atoms with van der Waals surface area (Å²) >= 11 is 0. The molecule has 0 amide bonds. The first kappa shape index (κ1) is 10.9. The Labute approximate surface area is 97.9 Å². The Morgan fingerprint density at radius 1 is 0.750 bits per heavy atom. The fraction of sp³-hybridized carbons (Fsp3) is 0.250. The maximum atomic E-state index is 2.22. The van der Waals surface area contributed by atoms with E-state index in [1.807, 2.05) is 0 Å². The molecule has 0 saturated heterocycles. The lowest BCUT2D eigenvalue weighted by Crippen LogP contribution is -1.77. The van der Waals surface area contributed by atoms with Crippen molar-refractivity contribution in [2.75, 3.05) is 0 Å². The van der Waals surface area contributed by atoms with Crippen LogP contribution in [0.4, 0.5) is 0 Å². The lowest BCUT2D eigenvalue weighted by atomic mass is 10.1. The molecule has 0 unspecified atom stereocenters. The fourth-order valence-corrected chi connectivity index (χ4v) is 2.08. The van der Waals surface area contributed by atoms with Crippen LogP contribution in [0.2, 0.25) is 0 Å². The minimum atomic E-state index is 1.10. The lowest BCUT2D eigenvalue weighted by Gasteiger charge is -1.98. The first-order valence-electron chi connectivity index (χ1n) is 6.03. The molecule has 2 aromatic rings. The molecule has 0 spiro atoms. The average Bonchev–Trinajstić information content (AvgIpc) is 2.68. The van der Waals surface area contributed by atoms with Gasteiger partial charge in [0.15, 0.2) is 0 Å². The lowest BCUT2D eigenvalue weighted by molar-refractivity contribution is 1.09. The highest BCUT2D eigenvalue weighted by Crippen LogP contribution is 2.35. The topological polar surface area (TPSA) is 0 Å². The molecule has 1 aliphatic carbocycles. The smallest absolute Gasteiger partial charge is 0.00135 e. The van der Waals surface area contributed by atoms with Crippen LogP contribution in [0.5, 0.6) is 0 Å². The zero-order valence-electron chi connectivity index (χ0n) is 10.0. The molecule has 0 heteroatoms. The number of hydrogen-bond donors (Lipinski definition) is 0. The quantitative estimate of drug-likeness (QED) is 0.505. The molecule has 0 heterocycles. The normalized spacial score (nSPS) is 11.1. The van der Waals surface area contributed by atoms with Crippen molar-refractivity contribution >= 4 is 0 Å². The van der Waals surface area contributed by atoms with Crippen molar-refractivity contribution in [2.45, 2.75) is 26.7 Å². The van der Waals surface area contributed by atoms with Crippen molar-refractivity contribution < 1.29 is 0 Å². The van der Waals surface area contributed by atoms with Crippen LogP contribution in [-0.2, 0) is 6.42 Å². The summed E-state index contributed by atoms with van der Waals surface area (Å²) in [6.45, 7) is 4.25. The molecule has 0 fully saturated rings. The van der Waals surface area contributed by atoms with Gasteiger partial charge in [0.25, 0.3) is 0 Å². The minimum Gasteiger partial charge on any atom is -0.0656 e. The maximum Gasteiger partial charge on any atom is -0.00135 e. The van der Waals surface area contributed by atoms with Crippen molar-refractivity contribution in [3.8, 4) is 11.1 Å². The van der Waals surface area contributed by atoms with Gasteiger partial charge in [0, 0.05) is 0 Å². The zero-order valence-corrected chi connectivity index (χ0v) is 10.0. The van der Waals surface area contributed by atoms with Crippen LogP contribution in [0.25, 0.3) is 11.1 Å². The third-order valence-corrected chi connectivity index (χ3v) is 2.71. The van der Waals surface area contributed by atoms with E-state index in [0.29, 0.717) is 0 Å². The molecule has 0 radical (unpaired) electrons. The Morgan fingerprint density at radius 3 is 1.56 bits per heavy atom. The largest absolute Gasteiger partial charge is 0.0656 e. The third kappa shape index (κ3) is 2.01. The number of rotatable bonds is 0. The van der Waals surface area contributed by atoms with Gasteiger partial charge in [-0.1, -0.05) is 68.8 Å². The molecule has 0 nitrogen and oxygen atoms in total. The Balaban J connectivity index is 0.000000292. The van der Waals surface area contributed by atoms with Gasteiger partial charge < -0.3 is 0 Å². The highest BCUT2D eigenvalue weighted by atomic mass is 14.2. The predicted octanol–water partition coefficient (Wildman–Crippen LogP) is 4.67. The highest BCUT2D eigenvalue weighted by molar-refractivity contribution is 5.76. The van der Waals surface area contributed by atoms with Crippen LogP contribution in [0.15, 0.2) is 48.5 Å². The van der Waals surface area contributed by atoms with E-state index in [-0.39, 0.29) is 0 Å². The van der Waals surface area contributed by atoms with E-state index >= 15 is 0 Å². The number of hydrogen-bond acceptors (Lipinski definition) is 0. The molecule has 0 saturated carbocycles. The van der Waals surface area contributed by atoms with Gasteiger partial charge in [0.1, 0.15) is 0 Å². The summed E-state index contributed by atoms with van der Waals surface area (Å²) in [4.78, 5) is 0. The van der Waals surface area contributed by atoms with Gasteiger partial charge in [-0.2, -0.15) is 0 Å². The molecule has 82 valence electrons. The Kier molecular flexibility index (Phi) is 3.40. The molecule has 2 aromatic carbocycles.